The van der Waals surface area contributed by atoms with Gasteiger partial charge in [0.1, 0.15) is 5.82 Å². The van der Waals surface area contributed by atoms with Crippen LogP contribution in [0.15, 0.2) is 12.3 Å². The number of hydrogen-bond donors (Lipinski definition) is 1. The maximum absolute atomic E-state index is 6.45. The predicted molar refractivity (Wildman–Crippen MR) is 84.3 cm³/mol. The Morgan fingerprint density at radius 1 is 1.40 bits per heavy atom. The first-order chi connectivity index (χ1) is 9.76. The third kappa shape index (κ3) is 3.44. The summed E-state index contributed by atoms with van der Waals surface area (Å²) < 4.78 is 0. The molecule has 2 aliphatic rings. The van der Waals surface area contributed by atoms with E-state index in [0.717, 1.165) is 42.4 Å². The molecule has 4 heteroatoms. The fraction of sp³-hybridized carbons (Fsp3) is 0.688. The summed E-state index contributed by atoms with van der Waals surface area (Å²) in [5.74, 6) is 1.76. The van der Waals surface area contributed by atoms with Gasteiger partial charge < -0.3 is 10.2 Å². The molecule has 0 amide bonds. The number of piperidine rings is 1. The molecule has 1 atom stereocenters. The van der Waals surface area contributed by atoms with Crippen molar-refractivity contribution < 1.29 is 0 Å². The Bertz CT molecular complexity index is 459. The van der Waals surface area contributed by atoms with E-state index in [-0.39, 0.29) is 0 Å². The second kappa shape index (κ2) is 6.31. The zero-order chi connectivity index (χ0) is 13.9. The molecule has 0 radical (unpaired) electrons. The van der Waals surface area contributed by atoms with E-state index in [1.54, 1.807) is 0 Å². The smallest absolute Gasteiger partial charge is 0.147 e. The Hall–Kier alpha value is -0.800. The molecule has 1 saturated carbocycles. The average molecular weight is 294 g/mol. The van der Waals surface area contributed by atoms with Gasteiger partial charge in [0, 0.05) is 31.9 Å². The number of pyridine rings is 1. The zero-order valence-corrected chi connectivity index (χ0v) is 13.0. The minimum atomic E-state index is 0.723. The van der Waals surface area contributed by atoms with Gasteiger partial charge in [0.25, 0.3) is 0 Å². The summed E-state index contributed by atoms with van der Waals surface area (Å²) in [6.45, 7) is 5.34. The molecule has 2 fully saturated rings. The summed E-state index contributed by atoms with van der Waals surface area (Å²) in [4.78, 5) is 6.98. The molecular weight excluding hydrogens is 270 g/mol. The number of hydrogen-bond acceptors (Lipinski definition) is 3. The van der Waals surface area contributed by atoms with Crippen molar-refractivity contribution in [2.45, 2.75) is 51.6 Å². The molecule has 1 aliphatic carbocycles. The minimum absolute atomic E-state index is 0.723. The normalized spacial score (nSPS) is 23.1. The van der Waals surface area contributed by atoms with Gasteiger partial charge in [0.15, 0.2) is 0 Å². The third-order valence-corrected chi connectivity index (χ3v) is 4.72. The molecular formula is C16H24ClN3. The zero-order valence-electron chi connectivity index (χ0n) is 12.2. The first kappa shape index (κ1) is 14.2. The second-order valence-electron chi connectivity index (χ2n) is 6.17. The van der Waals surface area contributed by atoms with Crippen LogP contribution in [0.3, 0.4) is 0 Å². The van der Waals surface area contributed by atoms with Gasteiger partial charge in [-0.05, 0) is 43.2 Å². The van der Waals surface area contributed by atoms with E-state index in [2.05, 4.69) is 28.2 Å². The molecule has 2 heterocycles. The molecule has 1 saturated heterocycles. The van der Waals surface area contributed by atoms with Gasteiger partial charge >= 0.3 is 0 Å². The van der Waals surface area contributed by atoms with Gasteiger partial charge in [-0.1, -0.05) is 24.9 Å². The maximum atomic E-state index is 6.45. The fourth-order valence-corrected chi connectivity index (χ4v) is 3.25. The summed E-state index contributed by atoms with van der Waals surface area (Å²) in [5, 5.41) is 4.31. The van der Waals surface area contributed by atoms with E-state index in [1.807, 2.05) is 6.20 Å². The van der Waals surface area contributed by atoms with Crippen LogP contribution >= 0.6 is 11.6 Å². The van der Waals surface area contributed by atoms with Crippen LogP contribution in [0, 0.1) is 5.92 Å². The SMILES string of the molecule is CCC1CCCN(c2ncc(CNC3CC3)cc2Cl)C1. The first-order valence-corrected chi connectivity index (χ1v) is 8.26. The standard InChI is InChI=1S/C16H24ClN3/c1-2-12-4-3-7-20(11-12)16-15(17)8-13(10-19-16)9-18-14-5-6-14/h8,10,12,14,18H,2-7,9,11H2,1H3. The molecule has 1 aromatic rings. The largest absolute Gasteiger partial charge is 0.355 e. The van der Waals surface area contributed by atoms with Crippen LogP contribution in [0.1, 0.15) is 44.6 Å². The van der Waals surface area contributed by atoms with Gasteiger partial charge in [0.2, 0.25) is 0 Å². The van der Waals surface area contributed by atoms with E-state index in [4.69, 9.17) is 11.6 Å². The number of halogens is 1. The Kier molecular flexibility index (Phi) is 4.47. The summed E-state index contributed by atoms with van der Waals surface area (Å²) in [7, 11) is 0. The van der Waals surface area contributed by atoms with Crippen LogP contribution < -0.4 is 10.2 Å². The Labute approximate surface area is 126 Å². The van der Waals surface area contributed by atoms with E-state index in [1.165, 1.54) is 37.7 Å². The van der Waals surface area contributed by atoms with Crippen molar-refractivity contribution in [2.75, 3.05) is 18.0 Å². The molecule has 0 spiro atoms. The van der Waals surface area contributed by atoms with Crippen LogP contribution in [0.25, 0.3) is 0 Å². The third-order valence-electron chi connectivity index (χ3n) is 4.45. The van der Waals surface area contributed by atoms with E-state index in [0.29, 0.717) is 0 Å². The van der Waals surface area contributed by atoms with Gasteiger partial charge in [0.05, 0.1) is 5.02 Å². The Morgan fingerprint density at radius 2 is 2.25 bits per heavy atom. The lowest BCUT2D eigenvalue weighted by atomic mass is 9.96. The van der Waals surface area contributed by atoms with Crippen molar-refractivity contribution >= 4 is 17.4 Å². The van der Waals surface area contributed by atoms with Gasteiger partial charge in [-0.3, -0.25) is 0 Å². The molecule has 3 rings (SSSR count). The van der Waals surface area contributed by atoms with Crippen molar-refractivity contribution in [1.82, 2.24) is 10.3 Å². The number of aromatic nitrogens is 1. The highest BCUT2D eigenvalue weighted by Crippen LogP contribution is 2.29. The monoisotopic (exact) mass is 293 g/mol. The van der Waals surface area contributed by atoms with Gasteiger partial charge in [-0.2, -0.15) is 0 Å². The van der Waals surface area contributed by atoms with E-state index >= 15 is 0 Å². The number of nitrogens with one attached hydrogen (secondary N) is 1. The van der Waals surface area contributed by atoms with Crippen molar-refractivity contribution in [3.8, 4) is 0 Å². The minimum Gasteiger partial charge on any atom is -0.355 e. The van der Waals surface area contributed by atoms with Crippen molar-refractivity contribution in [3.05, 3.63) is 22.8 Å². The number of anilines is 1. The number of rotatable bonds is 5. The molecule has 0 aromatic carbocycles. The van der Waals surface area contributed by atoms with Crippen LogP contribution in [0.2, 0.25) is 5.02 Å². The summed E-state index contributed by atoms with van der Waals surface area (Å²) in [6.07, 6.45) is 8.44. The highest BCUT2D eigenvalue weighted by Gasteiger charge is 2.22. The Balaban J connectivity index is 1.66. The lowest BCUT2D eigenvalue weighted by Gasteiger charge is -2.33. The highest BCUT2D eigenvalue weighted by molar-refractivity contribution is 6.33. The van der Waals surface area contributed by atoms with Crippen LogP contribution in [0.4, 0.5) is 5.82 Å². The molecule has 0 bridgehead atoms. The molecule has 3 nitrogen and oxygen atoms in total. The number of nitrogens with zero attached hydrogens (tertiary/aromatic N) is 2. The van der Waals surface area contributed by atoms with Crippen LogP contribution in [0.5, 0.6) is 0 Å². The molecule has 1 N–H and O–H groups in total. The van der Waals surface area contributed by atoms with Gasteiger partial charge in [-0.15, -0.1) is 0 Å². The van der Waals surface area contributed by atoms with Crippen molar-refractivity contribution in [2.24, 2.45) is 5.92 Å². The quantitative estimate of drug-likeness (QED) is 0.899. The molecule has 1 unspecified atom stereocenters. The van der Waals surface area contributed by atoms with E-state index in [9.17, 15) is 0 Å². The van der Waals surface area contributed by atoms with Crippen LogP contribution in [-0.4, -0.2) is 24.1 Å². The molecule has 1 aliphatic heterocycles. The average Bonchev–Trinajstić information content (AvgIpc) is 3.29. The highest BCUT2D eigenvalue weighted by atomic mass is 35.5. The molecule has 110 valence electrons. The lowest BCUT2D eigenvalue weighted by Crippen LogP contribution is -2.35. The summed E-state index contributed by atoms with van der Waals surface area (Å²) in [6, 6.07) is 2.80. The summed E-state index contributed by atoms with van der Waals surface area (Å²) in [5.41, 5.74) is 1.19. The lowest BCUT2D eigenvalue weighted by molar-refractivity contribution is 0.403. The van der Waals surface area contributed by atoms with Crippen LogP contribution in [-0.2, 0) is 6.54 Å². The second-order valence-corrected chi connectivity index (χ2v) is 6.57. The van der Waals surface area contributed by atoms with Crippen molar-refractivity contribution in [3.63, 3.8) is 0 Å². The molecule has 1 aromatic heterocycles. The predicted octanol–water partition coefficient (Wildman–Crippen LogP) is 3.61. The fourth-order valence-electron chi connectivity index (χ4n) is 2.94. The topological polar surface area (TPSA) is 28.2 Å². The molecule has 20 heavy (non-hydrogen) atoms. The first-order valence-electron chi connectivity index (χ1n) is 7.89. The van der Waals surface area contributed by atoms with E-state index < -0.39 is 0 Å². The van der Waals surface area contributed by atoms with Gasteiger partial charge in [-0.25, -0.2) is 4.98 Å². The maximum Gasteiger partial charge on any atom is 0.147 e. The summed E-state index contributed by atoms with van der Waals surface area (Å²) >= 11 is 6.45. The van der Waals surface area contributed by atoms with Crippen molar-refractivity contribution in [1.29, 1.82) is 0 Å². The Morgan fingerprint density at radius 3 is 2.95 bits per heavy atom.